The normalized spacial score (nSPS) is 11.4. The van der Waals surface area contributed by atoms with E-state index in [9.17, 15) is 14.4 Å². The summed E-state index contributed by atoms with van der Waals surface area (Å²) < 4.78 is 5.72. The van der Waals surface area contributed by atoms with E-state index in [1.54, 1.807) is 24.3 Å². The second-order valence-corrected chi connectivity index (χ2v) is 9.18. The van der Waals surface area contributed by atoms with Crippen molar-refractivity contribution in [2.45, 2.75) is 104 Å². The van der Waals surface area contributed by atoms with Gasteiger partial charge in [-0.05, 0) is 44.0 Å². The van der Waals surface area contributed by atoms with E-state index in [1.165, 1.54) is 64.7 Å². The predicted molar refractivity (Wildman–Crippen MR) is 146 cm³/mol. The van der Waals surface area contributed by atoms with Gasteiger partial charge >= 0.3 is 0 Å². The van der Waals surface area contributed by atoms with E-state index >= 15 is 0 Å². The summed E-state index contributed by atoms with van der Waals surface area (Å²) in [5, 5.41) is 11.3. The summed E-state index contributed by atoms with van der Waals surface area (Å²) in [5.74, 6) is 0.148. The molecule has 0 fully saturated rings. The highest BCUT2D eigenvalue weighted by Gasteiger charge is 2.18. The summed E-state index contributed by atoms with van der Waals surface area (Å²) in [5.41, 5.74) is 0.679. The zero-order valence-corrected chi connectivity index (χ0v) is 22.6. The van der Waals surface area contributed by atoms with E-state index in [2.05, 4.69) is 28.2 Å². The average molecular weight is 505 g/mol. The number of likely N-dealkylation sites (N-methyl/N-ethyl adjacent to an activating group) is 1. The van der Waals surface area contributed by atoms with Gasteiger partial charge in [-0.15, -0.1) is 0 Å². The molecule has 0 bridgehead atoms. The smallest absolute Gasteiger partial charge is 0.263 e. The first-order valence-electron chi connectivity index (χ1n) is 13.8. The molecule has 36 heavy (non-hydrogen) atoms. The van der Waals surface area contributed by atoms with Gasteiger partial charge in [0.05, 0.1) is 6.61 Å². The third kappa shape index (κ3) is 16.0. The number of rotatable bonds is 21. The summed E-state index contributed by atoms with van der Waals surface area (Å²) in [7, 11) is 0. The third-order valence-corrected chi connectivity index (χ3v) is 5.80. The van der Waals surface area contributed by atoms with Crippen molar-refractivity contribution in [3.63, 3.8) is 0 Å². The zero-order chi connectivity index (χ0) is 26.4. The van der Waals surface area contributed by atoms with Crippen LogP contribution in [0.1, 0.15) is 97.8 Å². The van der Waals surface area contributed by atoms with Gasteiger partial charge in [-0.3, -0.25) is 14.4 Å². The topological polar surface area (TPSA) is 109 Å². The summed E-state index contributed by atoms with van der Waals surface area (Å²) >= 11 is 0. The van der Waals surface area contributed by atoms with Crippen LogP contribution in [0.4, 0.5) is 5.69 Å². The van der Waals surface area contributed by atoms with Crippen molar-refractivity contribution in [3.8, 4) is 5.75 Å². The van der Waals surface area contributed by atoms with Gasteiger partial charge < -0.3 is 26.0 Å². The molecule has 1 rings (SSSR count). The lowest BCUT2D eigenvalue weighted by molar-refractivity contribution is -0.127. The number of anilines is 1. The molecule has 0 aliphatic carbocycles. The first-order chi connectivity index (χ1) is 17.5. The van der Waals surface area contributed by atoms with Crippen LogP contribution in [-0.4, -0.2) is 43.6 Å². The number of nitrogens with one attached hydrogen (secondary N) is 4. The van der Waals surface area contributed by atoms with Gasteiger partial charge in [0.2, 0.25) is 11.8 Å². The standard InChI is InChI=1S/C28H48N4O4/c1-4-6-7-8-9-10-11-12-13-14-21-30-26(34)16-15-22-36-25-19-17-24(18-20-25)32-27(31-23(3)33)28(35)29-5-2/h17-20,27,32H,4-16,21-22H2,1-3H3,(H,29,35)(H,30,34)(H,31,33). The minimum atomic E-state index is -0.854. The minimum absolute atomic E-state index is 0.0726. The number of amides is 3. The van der Waals surface area contributed by atoms with Gasteiger partial charge in [0, 0.05) is 32.1 Å². The van der Waals surface area contributed by atoms with E-state index in [1.807, 2.05) is 6.92 Å². The quantitative estimate of drug-likeness (QED) is 0.141. The highest BCUT2D eigenvalue weighted by Crippen LogP contribution is 2.16. The number of carbonyl (C=O) groups excluding carboxylic acids is 3. The van der Waals surface area contributed by atoms with Crippen LogP contribution in [0, 0.1) is 0 Å². The molecule has 1 unspecified atom stereocenters. The molecule has 8 heteroatoms. The molecule has 0 aromatic heterocycles. The first-order valence-corrected chi connectivity index (χ1v) is 13.8. The Hall–Kier alpha value is -2.77. The van der Waals surface area contributed by atoms with Gasteiger partial charge in [-0.1, -0.05) is 64.7 Å². The lowest BCUT2D eigenvalue weighted by atomic mass is 10.1. The SMILES string of the molecule is CCCCCCCCCCCCNC(=O)CCCOc1ccc(NC(NC(C)=O)C(=O)NCC)cc1. The summed E-state index contributed by atoms with van der Waals surface area (Å²) in [6.45, 7) is 7.10. The van der Waals surface area contributed by atoms with Crippen LogP contribution in [0.25, 0.3) is 0 Å². The monoisotopic (exact) mass is 504 g/mol. The number of unbranched alkanes of at least 4 members (excludes halogenated alkanes) is 9. The Morgan fingerprint density at radius 3 is 2.00 bits per heavy atom. The number of carbonyl (C=O) groups is 3. The molecule has 0 saturated heterocycles. The van der Waals surface area contributed by atoms with Crippen molar-refractivity contribution >= 4 is 23.4 Å². The van der Waals surface area contributed by atoms with Gasteiger partial charge in [0.1, 0.15) is 5.75 Å². The second-order valence-electron chi connectivity index (χ2n) is 9.18. The van der Waals surface area contributed by atoms with Gasteiger partial charge in [0.15, 0.2) is 6.17 Å². The Morgan fingerprint density at radius 2 is 1.42 bits per heavy atom. The minimum Gasteiger partial charge on any atom is -0.494 e. The van der Waals surface area contributed by atoms with Gasteiger partial charge in [0.25, 0.3) is 5.91 Å². The Labute approximate surface area is 217 Å². The second kappa shape index (κ2) is 20.4. The fourth-order valence-electron chi connectivity index (χ4n) is 3.81. The molecule has 8 nitrogen and oxygen atoms in total. The fraction of sp³-hybridized carbons (Fsp3) is 0.679. The highest BCUT2D eigenvalue weighted by molar-refractivity contribution is 5.88. The molecule has 0 saturated carbocycles. The van der Waals surface area contributed by atoms with E-state index in [0.29, 0.717) is 37.4 Å². The molecule has 204 valence electrons. The largest absolute Gasteiger partial charge is 0.494 e. The summed E-state index contributed by atoms with van der Waals surface area (Å²) in [6.07, 6.45) is 13.1. The van der Waals surface area contributed by atoms with E-state index in [0.717, 1.165) is 13.0 Å². The fourth-order valence-corrected chi connectivity index (χ4v) is 3.81. The molecule has 0 radical (unpaired) electrons. The molecular formula is C28H48N4O4. The highest BCUT2D eigenvalue weighted by atomic mass is 16.5. The number of hydrogen-bond donors (Lipinski definition) is 4. The van der Waals surface area contributed by atoms with Crippen LogP contribution in [0.3, 0.4) is 0 Å². The van der Waals surface area contributed by atoms with Gasteiger partial charge in [-0.25, -0.2) is 0 Å². The molecule has 4 N–H and O–H groups in total. The Kier molecular flexibility index (Phi) is 17.7. The van der Waals surface area contributed by atoms with Crippen molar-refractivity contribution in [3.05, 3.63) is 24.3 Å². The van der Waals surface area contributed by atoms with E-state index < -0.39 is 6.17 Å². The number of benzene rings is 1. The lowest BCUT2D eigenvalue weighted by Crippen LogP contribution is -2.50. The Bertz CT molecular complexity index is 740. The van der Waals surface area contributed by atoms with Crippen LogP contribution in [0.15, 0.2) is 24.3 Å². The molecule has 0 heterocycles. The Balaban J connectivity index is 2.13. The molecular weight excluding hydrogens is 456 g/mol. The molecule has 1 aromatic carbocycles. The van der Waals surface area contributed by atoms with Crippen LogP contribution in [-0.2, 0) is 14.4 Å². The van der Waals surface area contributed by atoms with Crippen LogP contribution >= 0.6 is 0 Å². The van der Waals surface area contributed by atoms with E-state index in [4.69, 9.17) is 4.74 Å². The van der Waals surface area contributed by atoms with E-state index in [-0.39, 0.29) is 17.7 Å². The Morgan fingerprint density at radius 1 is 0.806 bits per heavy atom. The predicted octanol–water partition coefficient (Wildman–Crippen LogP) is 4.89. The molecule has 3 amide bonds. The van der Waals surface area contributed by atoms with Crippen LogP contribution in [0.2, 0.25) is 0 Å². The average Bonchev–Trinajstić information content (AvgIpc) is 2.85. The maximum Gasteiger partial charge on any atom is 0.263 e. The number of hydrogen-bond acceptors (Lipinski definition) is 5. The molecule has 0 aliphatic rings. The van der Waals surface area contributed by atoms with Crippen molar-refractivity contribution in [1.29, 1.82) is 0 Å². The number of ether oxygens (including phenoxy) is 1. The lowest BCUT2D eigenvalue weighted by Gasteiger charge is -2.19. The van der Waals surface area contributed by atoms with Crippen molar-refractivity contribution in [2.75, 3.05) is 25.0 Å². The maximum atomic E-state index is 12.1. The van der Waals surface area contributed by atoms with Gasteiger partial charge in [-0.2, -0.15) is 0 Å². The molecule has 1 aromatic rings. The van der Waals surface area contributed by atoms with Crippen LogP contribution in [0.5, 0.6) is 5.75 Å². The summed E-state index contributed by atoms with van der Waals surface area (Å²) in [6, 6.07) is 7.14. The van der Waals surface area contributed by atoms with Crippen molar-refractivity contribution in [1.82, 2.24) is 16.0 Å². The molecule has 0 spiro atoms. The third-order valence-electron chi connectivity index (χ3n) is 5.80. The van der Waals surface area contributed by atoms with Crippen LogP contribution < -0.4 is 26.0 Å². The zero-order valence-electron chi connectivity index (χ0n) is 22.6. The summed E-state index contributed by atoms with van der Waals surface area (Å²) in [4.78, 5) is 35.5. The van der Waals surface area contributed by atoms with Crippen molar-refractivity contribution in [2.24, 2.45) is 0 Å². The molecule has 0 aliphatic heterocycles. The molecule has 1 atom stereocenters. The van der Waals surface area contributed by atoms with Crippen molar-refractivity contribution < 1.29 is 19.1 Å². The maximum absolute atomic E-state index is 12.1. The first kappa shape index (κ1) is 31.3.